The van der Waals surface area contributed by atoms with Gasteiger partial charge in [-0.15, -0.1) is 0 Å². The van der Waals surface area contributed by atoms with Crippen LogP contribution in [0.15, 0.2) is 0 Å². The van der Waals surface area contributed by atoms with E-state index in [1.165, 1.54) is 19.3 Å². The Balaban J connectivity index is 1.59. The van der Waals surface area contributed by atoms with Crippen LogP contribution in [0.3, 0.4) is 0 Å². The number of carbonyl (C=O) groups excluding carboxylic acids is 1. The second-order valence-corrected chi connectivity index (χ2v) is 5.68. The first-order chi connectivity index (χ1) is 8.15. The van der Waals surface area contributed by atoms with Crippen molar-refractivity contribution in [3.8, 4) is 0 Å². The third-order valence-electron chi connectivity index (χ3n) is 3.81. The molecule has 0 bridgehead atoms. The van der Waals surface area contributed by atoms with Crippen molar-refractivity contribution in [1.29, 1.82) is 0 Å². The van der Waals surface area contributed by atoms with Crippen LogP contribution in [0.4, 0.5) is 0 Å². The van der Waals surface area contributed by atoms with Gasteiger partial charge in [-0.25, -0.2) is 0 Å². The van der Waals surface area contributed by atoms with Crippen LogP contribution in [0, 0.1) is 5.92 Å². The number of amides is 1. The van der Waals surface area contributed by atoms with Crippen molar-refractivity contribution < 1.29 is 4.79 Å². The smallest absolute Gasteiger partial charge is 0.221 e. The molecule has 0 spiro atoms. The molecule has 2 unspecified atom stereocenters. The van der Waals surface area contributed by atoms with Crippen LogP contribution in [-0.2, 0) is 4.79 Å². The van der Waals surface area contributed by atoms with Gasteiger partial charge in [-0.2, -0.15) is 0 Å². The standard InChI is InChI=1S/C13H25N3O/c1-10-9-16(2)8-6-12(10)14-7-5-13(17)15-11-3-4-11/h10-12,14H,3-9H2,1-2H3,(H,15,17). The number of nitrogens with zero attached hydrogens (tertiary/aromatic N) is 1. The fraction of sp³-hybridized carbons (Fsp3) is 0.923. The van der Waals surface area contributed by atoms with Gasteiger partial charge in [-0.1, -0.05) is 6.92 Å². The fourth-order valence-electron chi connectivity index (χ4n) is 2.56. The number of carbonyl (C=O) groups is 1. The van der Waals surface area contributed by atoms with Gasteiger partial charge in [0.15, 0.2) is 0 Å². The third kappa shape index (κ3) is 4.28. The Bertz CT molecular complexity index is 265. The molecule has 0 aromatic carbocycles. The zero-order valence-electron chi connectivity index (χ0n) is 11.0. The van der Waals surface area contributed by atoms with Gasteiger partial charge in [0.05, 0.1) is 0 Å². The highest BCUT2D eigenvalue weighted by atomic mass is 16.1. The summed E-state index contributed by atoms with van der Waals surface area (Å²) >= 11 is 0. The maximum Gasteiger partial charge on any atom is 0.221 e. The Kier molecular flexibility index (Phi) is 4.40. The minimum atomic E-state index is 0.209. The van der Waals surface area contributed by atoms with Gasteiger partial charge in [0.2, 0.25) is 5.91 Å². The summed E-state index contributed by atoms with van der Waals surface area (Å²) in [5.41, 5.74) is 0. The van der Waals surface area contributed by atoms with E-state index in [9.17, 15) is 4.79 Å². The molecule has 1 aliphatic carbocycles. The molecule has 1 amide bonds. The van der Waals surface area contributed by atoms with E-state index in [0.717, 1.165) is 19.6 Å². The van der Waals surface area contributed by atoms with E-state index in [1.807, 2.05) is 0 Å². The van der Waals surface area contributed by atoms with Gasteiger partial charge < -0.3 is 15.5 Å². The molecule has 98 valence electrons. The van der Waals surface area contributed by atoms with Crippen LogP contribution in [0.25, 0.3) is 0 Å². The fourth-order valence-corrected chi connectivity index (χ4v) is 2.56. The van der Waals surface area contributed by atoms with Crippen molar-refractivity contribution in [1.82, 2.24) is 15.5 Å². The Morgan fingerprint density at radius 1 is 1.35 bits per heavy atom. The summed E-state index contributed by atoms with van der Waals surface area (Å²) in [6, 6.07) is 1.07. The van der Waals surface area contributed by atoms with Crippen molar-refractivity contribution in [3.05, 3.63) is 0 Å². The van der Waals surface area contributed by atoms with Gasteiger partial charge in [0.1, 0.15) is 0 Å². The van der Waals surface area contributed by atoms with Crippen LogP contribution < -0.4 is 10.6 Å². The van der Waals surface area contributed by atoms with E-state index in [1.54, 1.807) is 0 Å². The van der Waals surface area contributed by atoms with Crippen LogP contribution in [0.2, 0.25) is 0 Å². The van der Waals surface area contributed by atoms with Crippen LogP contribution in [-0.4, -0.2) is 49.6 Å². The van der Waals surface area contributed by atoms with Crippen LogP contribution in [0.1, 0.15) is 32.6 Å². The molecule has 0 radical (unpaired) electrons. The lowest BCUT2D eigenvalue weighted by molar-refractivity contribution is -0.121. The summed E-state index contributed by atoms with van der Waals surface area (Å²) in [6.07, 6.45) is 4.16. The van der Waals surface area contributed by atoms with Gasteiger partial charge in [-0.05, 0) is 38.8 Å². The highest BCUT2D eigenvalue weighted by Gasteiger charge is 2.25. The Labute approximate surface area is 104 Å². The van der Waals surface area contributed by atoms with Crippen LogP contribution in [0.5, 0.6) is 0 Å². The highest BCUT2D eigenvalue weighted by Crippen LogP contribution is 2.18. The van der Waals surface area contributed by atoms with Crippen molar-refractivity contribution in [3.63, 3.8) is 0 Å². The molecule has 17 heavy (non-hydrogen) atoms. The van der Waals surface area contributed by atoms with Crippen molar-refractivity contribution in [2.45, 2.75) is 44.7 Å². The van der Waals surface area contributed by atoms with E-state index in [2.05, 4.69) is 29.5 Å². The Morgan fingerprint density at radius 2 is 2.12 bits per heavy atom. The SMILES string of the molecule is CC1CN(C)CCC1NCCC(=O)NC1CC1. The number of hydrogen-bond donors (Lipinski definition) is 2. The second-order valence-electron chi connectivity index (χ2n) is 5.68. The van der Waals surface area contributed by atoms with Gasteiger partial charge >= 0.3 is 0 Å². The Morgan fingerprint density at radius 3 is 2.76 bits per heavy atom. The average Bonchev–Trinajstić information content (AvgIpc) is 3.05. The second kappa shape index (κ2) is 5.83. The minimum absolute atomic E-state index is 0.209. The summed E-state index contributed by atoms with van der Waals surface area (Å²) < 4.78 is 0. The summed E-state index contributed by atoms with van der Waals surface area (Å²) in [4.78, 5) is 13.9. The minimum Gasteiger partial charge on any atom is -0.353 e. The largest absolute Gasteiger partial charge is 0.353 e. The molecule has 2 atom stereocenters. The molecule has 1 heterocycles. The maximum atomic E-state index is 11.5. The number of nitrogens with one attached hydrogen (secondary N) is 2. The first-order valence-electron chi connectivity index (χ1n) is 6.86. The van der Waals surface area contributed by atoms with Gasteiger partial charge in [0.25, 0.3) is 0 Å². The zero-order valence-corrected chi connectivity index (χ0v) is 11.0. The zero-order chi connectivity index (χ0) is 12.3. The molecule has 1 saturated carbocycles. The molecule has 2 N–H and O–H groups in total. The number of rotatable bonds is 5. The molecule has 2 fully saturated rings. The molecule has 1 saturated heterocycles. The first kappa shape index (κ1) is 12.8. The van der Waals surface area contributed by atoms with Gasteiger partial charge in [-0.3, -0.25) is 4.79 Å². The molecule has 0 aromatic heterocycles. The maximum absolute atomic E-state index is 11.5. The van der Waals surface area contributed by atoms with Crippen LogP contribution >= 0.6 is 0 Å². The quantitative estimate of drug-likeness (QED) is 0.738. The third-order valence-corrected chi connectivity index (χ3v) is 3.81. The van der Waals surface area contributed by atoms with Crippen molar-refractivity contribution >= 4 is 5.91 Å². The number of likely N-dealkylation sites (tertiary alicyclic amines) is 1. The van der Waals surface area contributed by atoms with Crippen molar-refractivity contribution in [2.75, 3.05) is 26.7 Å². The highest BCUT2D eigenvalue weighted by molar-refractivity contribution is 5.76. The molecule has 4 nitrogen and oxygen atoms in total. The van der Waals surface area contributed by atoms with E-state index >= 15 is 0 Å². The summed E-state index contributed by atoms with van der Waals surface area (Å²) in [6.45, 7) is 5.43. The van der Waals surface area contributed by atoms with Crippen molar-refractivity contribution in [2.24, 2.45) is 5.92 Å². The average molecular weight is 239 g/mol. The number of piperidine rings is 1. The van der Waals surface area contributed by atoms with E-state index in [4.69, 9.17) is 0 Å². The molecule has 1 aliphatic heterocycles. The monoisotopic (exact) mass is 239 g/mol. The lowest BCUT2D eigenvalue weighted by atomic mass is 9.94. The lowest BCUT2D eigenvalue weighted by Gasteiger charge is -2.35. The van der Waals surface area contributed by atoms with E-state index < -0.39 is 0 Å². The van der Waals surface area contributed by atoms with Gasteiger partial charge in [0, 0.05) is 31.6 Å². The molecule has 4 heteroatoms. The molecule has 0 aromatic rings. The first-order valence-corrected chi connectivity index (χ1v) is 6.86. The molecular formula is C13H25N3O. The predicted molar refractivity (Wildman–Crippen MR) is 68.9 cm³/mol. The molecular weight excluding hydrogens is 214 g/mol. The summed E-state index contributed by atoms with van der Waals surface area (Å²) in [5.74, 6) is 0.890. The normalized spacial score (nSPS) is 30.2. The Hall–Kier alpha value is -0.610. The lowest BCUT2D eigenvalue weighted by Crippen LogP contribution is -2.47. The summed E-state index contributed by atoms with van der Waals surface area (Å²) in [5, 5.41) is 6.55. The predicted octanol–water partition coefficient (Wildman–Crippen LogP) is 0.585. The topological polar surface area (TPSA) is 44.4 Å². The molecule has 2 rings (SSSR count). The number of hydrogen-bond acceptors (Lipinski definition) is 3. The molecule has 2 aliphatic rings. The summed E-state index contributed by atoms with van der Waals surface area (Å²) in [7, 11) is 2.18. The van der Waals surface area contributed by atoms with E-state index in [0.29, 0.717) is 24.4 Å². The van der Waals surface area contributed by atoms with E-state index in [-0.39, 0.29) is 5.91 Å².